The second-order valence-electron chi connectivity index (χ2n) is 6.82. The van der Waals surface area contributed by atoms with Gasteiger partial charge < -0.3 is 15.4 Å². The number of thiophene rings is 1. The lowest BCUT2D eigenvalue weighted by Crippen LogP contribution is -2.21. The maximum atomic E-state index is 12.4. The first kappa shape index (κ1) is 21.6. The van der Waals surface area contributed by atoms with Gasteiger partial charge in [0.25, 0.3) is 5.91 Å². The number of hydrogen-bond acceptors (Lipinski definition) is 4. The molecule has 0 fully saturated rings. The number of anilines is 2. The number of ether oxygens (including phenoxy) is 1. The molecule has 0 bridgehead atoms. The Bertz CT molecular complexity index is 960. The maximum absolute atomic E-state index is 12.4. The van der Waals surface area contributed by atoms with E-state index in [0.29, 0.717) is 17.9 Å². The van der Waals surface area contributed by atoms with E-state index >= 15 is 0 Å². The zero-order chi connectivity index (χ0) is 21.3. The van der Waals surface area contributed by atoms with E-state index in [1.165, 1.54) is 0 Å². The van der Waals surface area contributed by atoms with E-state index in [-0.39, 0.29) is 18.4 Å². The second-order valence-corrected chi connectivity index (χ2v) is 7.86. The van der Waals surface area contributed by atoms with Gasteiger partial charge >= 0.3 is 0 Å². The highest BCUT2D eigenvalue weighted by atomic mass is 32.1. The van der Waals surface area contributed by atoms with Crippen LogP contribution in [0.4, 0.5) is 11.4 Å². The molecule has 0 atom stereocenters. The van der Waals surface area contributed by atoms with Crippen LogP contribution in [0.25, 0.3) is 0 Å². The first-order chi connectivity index (χ1) is 14.6. The van der Waals surface area contributed by atoms with Gasteiger partial charge in [-0.05, 0) is 59.7 Å². The van der Waals surface area contributed by atoms with E-state index < -0.39 is 0 Å². The van der Waals surface area contributed by atoms with Crippen LogP contribution in [0.1, 0.15) is 29.9 Å². The zero-order valence-corrected chi connectivity index (χ0v) is 18.1. The number of benzene rings is 2. The Morgan fingerprint density at radius 2 is 1.57 bits per heavy atom. The average Bonchev–Trinajstić information content (AvgIpc) is 3.26. The van der Waals surface area contributed by atoms with Gasteiger partial charge in [-0.15, -0.1) is 11.3 Å². The third-order valence-corrected chi connectivity index (χ3v) is 5.56. The third kappa shape index (κ3) is 5.94. The highest BCUT2D eigenvalue weighted by Crippen LogP contribution is 2.23. The molecule has 0 saturated carbocycles. The van der Waals surface area contributed by atoms with Crippen molar-refractivity contribution in [2.24, 2.45) is 0 Å². The molecular weight excluding hydrogens is 396 g/mol. The molecule has 0 aliphatic rings. The van der Waals surface area contributed by atoms with Crippen molar-refractivity contribution in [2.45, 2.75) is 33.1 Å². The van der Waals surface area contributed by atoms with Crippen LogP contribution < -0.4 is 15.4 Å². The Labute approximate surface area is 181 Å². The average molecular weight is 423 g/mol. The fraction of sp³-hybridized carbons (Fsp3) is 0.250. The lowest BCUT2D eigenvalue weighted by Gasteiger charge is -2.15. The van der Waals surface area contributed by atoms with E-state index in [9.17, 15) is 9.59 Å². The standard InChI is InChI=1S/C24H26N2O3S/c1-3-17-7-5-8-18(4-2)24(17)26-23(28)16-29-20-12-10-19(11-13-20)25-22(27)15-21-9-6-14-30-21/h5-14H,3-4,15-16H2,1-2H3,(H,25,27)(H,26,28). The summed E-state index contributed by atoms with van der Waals surface area (Å²) in [5.41, 5.74) is 3.81. The molecule has 0 spiro atoms. The highest BCUT2D eigenvalue weighted by Gasteiger charge is 2.11. The summed E-state index contributed by atoms with van der Waals surface area (Å²) >= 11 is 1.56. The molecule has 1 aromatic heterocycles. The van der Waals surface area contributed by atoms with Crippen molar-refractivity contribution in [1.82, 2.24) is 0 Å². The minimum Gasteiger partial charge on any atom is -0.484 e. The van der Waals surface area contributed by atoms with Crippen molar-refractivity contribution >= 4 is 34.5 Å². The Morgan fingerprint density at radius 3 is 2.17 bits per heavy atom. The van der Waals surface area contributed by atoms with Crippen LogP contribution in [0, 0.1) is 0 Å². The van der Waals surface area contributed by atoms with Crippen molar-refractivity contribution in [3.8, 4) is 5.75 Å². The summed E-state index contributed by atoms with van der Waals surface area (Å²) < 4.78 is 5.61. The van der Waals surface area contributed by atoms with Crippen LogP contribution in [0.2, 0.25) is 0 Å². The monoisotopic (exact) mass is 422 g/mol. The molecule has 3 rings (SSSR count). The summed E-state index contributed by atoms with van der Waals surface area (Å²) in [6, 6.07) is 17.0. The summed E-state index contributed by atoms with van der Waals surface area (Å²) in [5.74, 6) is 0.312. The number of carbonyl (C=O) groups is 2. The highest BCUT2D eigenvalue weighted by molar-refractivity contribution is 7.10. The van der Waals surface area contributed by atoms with Crippen molar-refractivity contribution in [1.29, 1.82) is 0 Å². The minimum atomic E-state index is -0.195. The van der Waals surface area contributed by atoms with E-state index in [2.05, 4.69) is 24.5 Å². The Morgan fingerprint density at radius 1 is 0.867 bits per heavy atom. The lowest BCUT2D eigenvalue weighted by atomic mass is 10.0. The van der Waals surface area contributed by atoms with Gasteiger partial charge in [-0.25, -0.2) is 0 Å². The van der Waals surface area contributed by atoms with Gasteiger partial charge in [0, 0.05) is 16.3 Å². The van der Waals surface area contributed by atoms with Crippen LogP contribution in [-0.2, 0) is 28.9 Å². The van der Waals surface area contributed by atoms with Crippen molar-refractivity contribution in [3.05, 3.63) is 76.0 Å². The normalized spacial score (nSPS) is 10.5. The molecule has 0 aliphatic heterocycles. The van der Waals surface area contributed by atoms with Crippen LogP contribution in [0.3, 0.4) is 0 Å². The molecule has 156 valence electrons. The van der Waals surface area contributed by atoms with Crippen LogP contribution in [0.15, 0.2) is 60.0 Å². The number of nitrogens with one attached hydrogen (secondary N) is 2. The molecule has 0 unspecified atom stereocenters. The van der Waals surface area contributed by atoms with E-state index in [4.69, 9.17) is 4.74 Å². The van der Waals surface area contributed by atoms with Gasteiger partial charge in [-0.3, -0.25) is 9.59 Å². The van der Waals surface area contributed by atoms with Gasteiger partial charge in [0.05, 0.1) is 6.42 Å². The molecule has 2 N–H and O–H groups in total. The SMILES string of the molecule is CCc1cccc(CC)c1NC(=O)COc1ccc(NC(=O)Cc2cccs2)cc1. The second kappa shape index (κ2) is 10.6. The van der Waals surface area contributed by atoms with Gasteiger partial charge in [0.1, 0.15) is 5.75 Å². The Kier molecular flexibility index (Phi) is 7.63. The minimum absolute atomic E-state index is 0.0631. The number of carbonyl (C=O) groups excluding carboxylic acids is 2. The molecule has 2 amide bonds. The number of hydrogen-bond donors (Lipinski definition) is 2. The molecule has 6 heteroatoms. The quantitative estimate of drug-likeness (QED) is 0.506. The fourth-order valence-electron chi connectivity index (χ4n) is 3.14. The fourth-order valence-corrected chi connectivity index (χ4v) is 3.84. The van der Waals surface area contributed by atoms with Gasteiger partial charge in [-0.1, -0.05) is 38.1 Å². The Hall–Kier alpha value is -3.12. The van der Waals surface area contributed by atoms with Gasteiger partial charge in [0.2, 0.25) is 5.91 Å². The molecule has 5 nitrogen and oxygen atoms in total. The summed E-state index contributed by atoms with van der Waals surface area (Å²) in [7, 11) is 0. The Balaban J connectivity index is 1.51. The summed E-state index contributed by atoms with van der Waals surface area (Å²) in [5, 5.41) is 7.81. The molecule has 1 heterocycles. The first-order valence-electron chi connectivity index (χ1n) is 10.0. The number of rotatable bonds is 9. The van der Waals surface area contributed by atoms with E-state index in [0.717, 1.165) is 34.5 Å². The molecule has 3 aromatic rings. The van der Waals surface area contributed by atoms with Gasteiger partial charge in [-0.2, -0.15) is 0 Å². The maximum Gasteiger partial charge on any atom is 0.262 e. The number of aryl methyl sites for hydroxylation is 2. The summed E-state index contributed by atoms with van der Waals surface area (Å²) in [6.07, 6.45) is 2.06. The topological polar surface area (TPSA) is 67.4 Å². The number of para-hydroxylation sites is 1. The van der Waals surface area contributed by atoms with Crippen molar-refractivity contribution in [3.63, 3.8) is 0 Å². The molecule has 30 heavy (non-hydrogen) atoms. The lowest BCUT2D eigenvalue weighted by molar-refractivity contribution is -0.118. The van der Waals surface area contributed by atoms with Crippen LogP contribution in [0.5, 0.6) is 5.75 Å². The van der Waals surface area contributed by atoms with Crippen LogP contribution in [-0.4, -0.2) is 18.4 Å². The third-order valence-electron chi connectivity index (χ3n) is 4.69. The zero-order valence-electron chi connectivity index (χ0n) is 17.2. The summed E-state index contributed by atoms with van der Waals surface area (Å²) in [6.45, 7) is 4.06. The van der Waals surface area contributed by atoms with Crippen molar-refractivity contribution in [2.75, 3.05) is 17.2 Å². The van der Waals surface area contributed by atoms with Crippen molar-refractivity contribution < 1.29 is 14.3 Å². The predicted molar refractivity (Wildman–Crippen MR) is 122 cm³/mol. The van der Waals surface area contributed by atoms with Crippen LogP contribution >= 0.6 is 11.3 Å². The van der Waals surface area contributed by atoms with Gasteiger partial charge in [0.15, 0.2) is 6.61 Å². The van der Waals surface area contributed by atoms with E-state index in [1.807, 2.05) is 35.7 Å². The first-order valence-corrected chi connectivity index (χ1v) is 10.9. The molecule has 0 saturated heterocycles. The molecule has 2 aromatic carbocycles. The molecule has 0 aliphatic carbocycles. The number of amides is 2. The largest absolute Gasteiger partial charge is 0.484 e. The van der Waals surface area contributed by atoms with E-state index in [1.54, 1.807) is 35.6 Å². The predicted octanol–water partition coefficient (Wildman–Crippen LogP) is 5.07. The molecular formula is C24H26N2O3S. The summed E-state index contributed by atoms with van der Waals surface area (Å²) in [4.78, 5) is 25.5. The molecule has 0 radical (unpaired) electrons. The smallest absolute Gasteiger partial charge is 0.262 e.